The molecule has 2 N–H and O–H groups in total. The van der Waals surface area contributed by atoms with Gasteiger partial charge in [0.15, 0.2) is 5.58 Å². The normalized spacial score (nSPS) is 16.6. The fourth-order valence-electron chi connectivity index (χ4n) is 2.10. The fraction of sp³-hybridized carbons (Fsp3) is 0.417. The second-order valence-corrected chi connectivity index (χ2v) is 4.57. The van der Waals surface area contributed by atoms with E-state index in [2.05, 4.69) is 22.2 Å². The molecule has 0 bridgehead atoms. The van der Waals surface area contributed by atoms with Crippen LogP contribution >= 0.6 is 0 Å². The quantitative estimate of drug-likeness (QED) is 0.811. The average Bonchev–Trinajstić information content (AvgIpc) is 2.54. The summed E-state index contributed by atoms with van der Waals surface area (Å²) in [6, 6.07) is 6.44. The molecule has 0 unspecified atom stereocenters. The van der Waals surface area contributed by atoms with Crippen LogP contribution in [0.25, 0.3) is 11.1 Å². The van der Waals surface area contributed by atoms with E-state index in [4.69, 9.17) is 4.42 Å². The zero-order valence-corrected chi connectivity index (χ0v) is 9.69. The number of nitrogens with zero attached hydrogens (tertiary/aromatic N) is 1. The summed E-state index contributed by atoms with van der Waals surface area (Å²) in [5.41, 5.74) is 2.57. The minimum atomic E-state index is -0.395. The Kier molecular flexibility index (Phi) is 2.49. The topological polar surface area (TPSA) is 61.3 Å². The largest absolute Gasteiger partial charge is 0.417 e. The van der Waals surface area contributed by atoms with Gasteiger partial charge in [-0.25, -0.2) is 4.79 Å². The molecule has 2 aromatic rings. The summed E-state index contributed by atoms with van der Waals surface area (Å²) < 4.78 is 4.97. The lowest BCUT2D eigenvalue weighted by molar-refractivity contribution is 0.173. The van der Waals surface area contributed by atoms with Crippen LogP contribution in [-0.4, -0.2) is 36.1 Å². The van der Waals surface area contributed by atoms with Gasteiger partial charge in [-0.15, -0.1) is 0 Å². The zero-order valence-electron chi connectivity index (χ0n) is 9.69. The Balaban J connectivity index is 1.82. The van der Waals surface area contributed by atoms with Crippen molar-refractivity contribution in [3.8, 4) is 0 Å². The van der Waals surface area contributed by atoms with Crippen LogP contribution in [-0.2, 0) is 6.54 Å². The maximum Gasteiger partial charge on any atom is 0.417 e. The molecule has 1 aromatic carbocycles. The van der Waals surface area contributed by atoms with Crippen molar-refractivity contribution < 1.29 is 4.42 Å². The number of aromatic nitrogens is 1. The van der Waals surface area contributed by atoms with E-state index in [0.29, 0.717) is 11.6 Å². The summed E-state index contributed by atoms with van der Waals surface area (Å²) in [5.74, 6) is -0.395. The van der Waals surface area contributed by atoms with Gasteiger partial charge in [-0.3, -0.25) is 9.88 Å². The van der Waals surface area contributed by atoms with Crippen molar-refractivity contribution in [2.75, 3.05) is 20.1 Å². The highest BCUT2D eigenvalue weighted by molar-refractivity contribution is 5.72. The number of fused-ring (bicyclic) bond motifs is 1. The van der Waals surface area contributed by atoms with Crippen molar-refractivity contribution >= 4 is 11.1 Å². The zero-order chi connectivity index (χ0) is 11.8. The van der Waals surface area contributed by atoms with Crippen LogP contribution in [0.2, 0.25) is 0 Å². The third-order valence-corrected chi connectivity index (χ3v) is 3.30. The van der Waals surface area contributed by atoms with Crippen molar-refractivity contribution in [2.24, 2.45) is 0 Å². The molecule has 2 heterocycles. The van der Waals surface area contributed by atoms with Crippen molar-refractivity contribution in [1.82, 2.24) is 15.2 Å². The first kappa shape index (κ1) is 10.6. The molecule has 5 nitrogen and oxygen atoms in total. The molecule has 0 saturated carbocycles. The van der Waals surface area contributed by atoms with E-state index >= 15 is 0 Å². The van der Waals surface area contributed by atoms with E-state index in [1.54, 1.807) is 0 Å². The van der Waals surface area contributed by atoms with E-state index in [1.807, 2.05) is 18.2 Å². The lowest BCUT2D eigenvalue weighted by Gasteiger charge is -2.35. The van der Waals surface area contributed by atoms with Gasteiger partial charge in [-0.05, 0) is 24.7 Å². The molecule has 5 heteroatoms. The molecule has 1 fully saturated rings. The molecule has 1 aromatic heterocycles. The van der Waals surface area contributed by atoms with Crippen molar-refractivity contribution in [3.05, 3.63) is 34.3 Å². The number of rotatable bonds is 3. The van der Waals surface area contributed by atoms with Gasteiger partial charge in [-0.1, -0.05) is 6.07 Å². The molecular formula is C12H15N3O2. The maximum absolute atomic E-state index is 11.0. The van der Waals surface area contributed by atoms with Gasteiger partial charge in [0.05, 0.1) is 5.52 Å². The van der Waals surface area contributed by atoms with E-state index < -0.39 is 5.76 Å². The lowest BCUT2D eigenvalue weighted by atomic mass is 10.1. The molecule has 0 radical (unpaired) electrons. The highest BCUT2D eigenvalue weighted by Gasteiger charge is 2.21. The minimum Gasteiger partial charge on any atom is -0.408 e. The first-order valence-corrected chi connectivity index (χ1v) is 5.75. The smallest absolute Gasteiger partial charge is 0.408 e. The van der Waals surface area contributed by atoms with Crippen LogP contribution in [0.15, 0.2) is 27.4 Å². The van der Waals surface area contributed by atoms with Gasteiger partial charge in [0.2, 0.25) is 0 Å². The Hall–Kier alpha value is -1.59. The summed E-state index contributed by atoms with van der Waals surface area (Å²) in [5, 5.41) is 3.26. The molecule has 0 spiro atoms. The summed E-state index contributed by atoms with van der Waals surface area (Å²) in [6.07, 6.45) is 0. The summed E-state index contributed by atoms with van der Waals surface area (Å²) in [4.78, 5) is 16.0. The number of hydrogen-bond donors (Lipinski definition) is 2. The fourth-order valence-corrected chi connectivity index (χ4v) is 2.10. The molecular weight excluding hydrogens is 218 g/mol. The monoisotopic (exact) mass is 233 g/mol. The van der Waals surface area contributed by atoms with Crippen LogP contribution in [0.4, 0.5) is 0 Å². The van der Waals surface area contributed by atoms with Crippen LogP contribution < -0.4 is 11.1 Å². The predicted octanol–water partition coefficient (Wildman–Crippen LogP) is 0.525. The number of hydrogen-bond acceptors (Lipinski definition) is 4. The van der Waals surface area contributed by atoms with Gasteiger partial charge in [0, 0.05) is 25.7 Å². The van der Waals surface area contributed by atoms with Crippen LogP contribution in [0.1, 0.15) is 5.56 Å². The van der Waals surface area contributed by atoms with E-state index in [-0.39, 0.29) is 0 Å². The third-order valence-electron chi connectivity index (χ3n) is 3.30. The number of aromatic amines is 1. The molecule has 3 rings (SSSR count). The van der Waals surface area contributed by atoms with E-state index in [0.717, 1.165) is 25.2 Å². The van der Waals surface area contributed by atoms with E-state index in [1.165, 1.54) is 5.56 Å². The second kappa shape index (κ2) is 4.01. The second-order valence-electron chi connectivity index (χ2n) is 4.57. The number of benzene rings is 1. The van der Waals surface area contributed by atoms with Crippen molar-refractivity contribution in [1.29, 1.82) is 0 Å². The highest BCUT2D eigenvalue weighted by Crippen LogP contribution is 2.15. The number of likely N-dealkylation sites (N-methyl/N-ethyl adjacent to an activating group) is 1. The molecule has 0 aliphatic carbocycles. The van der Waals surface area contributed by atoms with Crippen molar-refractivity contribution in [3.63, 3.8) is 0 Å². The number of nitrogens with one attached hydrogen (secondary N) is 2. The van der Waals surface area contributed by atoms with Gasteiger partial charge in [-0.2, -0.15) is 0 Å². The van der Waals surface area contributed by atoms with Gasteiger partial charge in [0.25, 0.3) is 0 Å². The Morgan fingerprint density at radius 2 is 2.29 bits per heavy atom. The molecule has 0 atom stereocenters. The number of oxazole rings is 1. The third kappa shape index (κ3) is 1.99. The first-order valence-electron chi connectivity index (χ1n) is 5.75. The van der Waals surface area contributed by atoms with Crippen molar-refractivity contribution in [2.45, 2.75) is 12.6 Å². The SMILES string of the molecule is CN(Cc1ccc2oc(=O)[nH]c2c1)C1CNC1. The first-order chi connectivity index (χ1) is 8.22. The Morgan fingerprint density at radius 1 is 1.47 bits per heavy atom. The highest BCUT2D eigenvalue weighted by atomic mass is 16.4. The molecule has 17 heavy (non-hydrogen) atoms. The average molecular weight is 233 g/mol. The standard InChI is InChI=1S/C12H15N3O2/c1-15(9-5-13-6-9)7-8-2-3-11-10(4-8)14-12(16)17-11/h2-4,9,13H,5-7H2,1H3,(H,14,16). The molecule has 1 saturated heterocycles. The predicted molar refractivity (Wildman–Crippen MR) is 65.0 cm³/mol. The Bertz CT molecular complexity index is 583. The number of H-pyrrole nitrogens is 1. The summed E-state index contributed by atoms with van der Waals surface area (Å²) in [6.45, 7) is 3.00. The Labute approximate surface area is 98.4 Å². The van der Waals surface area contributed by atoms with Gasteiger partial charge >= 0.3 is 5.76 Å². The molecule has 0 amide bonds. The van der Waals surface area contributed by atoms with Crippen LogP contribution in [0, 0.1) is 0 Å². The maximum atomic E-state index is 11.0. The van der Waals surface area contributed by atoms with E-state index in [9.17, 15) is 4.79 Å². The van der Waals surface area contributed by atoms with Crippen LogP contribution in [0.3, 0.4) is 0 Å². The molecule has 1 aliphatic rings. The van der Waals surface area contributed by atoms with Crippen LogP contribution in [0.5, 0.6) is 0 Å². The minimum absolute atomic E-state index is 0.395. The lowest BCUT2D eigenvalue weighted by Crippen LogP contribution is -2.55. The summed E-state index contributed by atoms with van der Waals surface area (Å²) in [7, 11) is 2.12. The van der Waals surface area contributed by atoms with Gasteiger partial charge in [0.1, 0.15) is 0 Å². The Morgan fingerprint density at radius 3 is 3.00 bits per heavy atom. The molecule has 1 aliphatic heterocycles. The molecule has 90 valence electrons. The van der Waals surface area contributed by atoms with Gasteiger partial charge < -0.3 is 9.73 Å². The summed E-state index contributed by atoms with van der Waals surface area (Å²) >= 11 is 0.